The number of allylic oxidation sites excluding steroid dienone is 1. The van der Waals surface area contributed by atoms with Crippen molar-refractivity contribution in [1.82, 2.24) is 20.1 Å². The van der Waals surface area contributed by atoms with Crippen molar-refractivity contribution in [1.29, 1.82) is 0 Å². The molecule has 0 aliphatic heterocycles. The highest BCUT2D eigenvalue weighted by Crippen LogP contribution is 2.49. The topological polar surface area (TPSA) is 69.0 Å². The van der Waals surface area contributed by atoms with Crippen LogP contribution in [0, 0.1) is 17.8 Å². The highest BCUT2D eigenvalue weighted by atomic mass is 35.5. The SMILES string of the molecule is C=CCn1c(COc2ccc(Cl)cc2)nnc1SC(C)C(=O)NC(C)C1CC2CCC1C2. The minimum absolute atomic E-state index is 0.0531. The van der Waals surface area contributed by atoms with Crippen molar-refractivity contribution in [3.05, 3.63) is 47.8 Å². The van der Waals surface area contributed by atoms with E-state index in [0.717, 1.165) is 11.8 Å². The first kappa shape index (κ1) is 23.2. The molecule has 32 heavy (non-hydrogen) atoms. The minimum atomic E-state index is -0.270. The second-order valence-electron chi connectivity index (χ2n) is 8.94. The van der Waals surface area contributed by atoms with Crippen molar-refractivity contribution < 1.29 is 9.53 Å². The van der Waals surface area contributed by atoms with Crippen molar-refractivity contribution in [3.8, 4) is 5.75 Å². The molecular formula is C24H31ClN4O2S. The van der Waals surface area contributed by atoms with E-state index in [1.54, 1.807) is 18.2 Å². The lowest BCUT2D eigenvalue weighted by Crippen LogP contribution is -2.43. The van der Waals surface area contributed by atoms with Gasteiger partial charge in [-0.2, -0.15) is 0 Å². The molecule has 1 aromatic heterocycles. The normalized spacial score (nSPS) is 23.7. The maximum absolute atomic E-state index is 12.9. The summed E-state index contributed by atoms with van der Waals surface area (Å²) in [6, 6.07) is 7.41. The van der Waals surface area contributed by atoms with Crippen molar-refractivity contribution >= 4 is 29.3 Å². The number of carbonyl (C=O) groups excluding carboxylic acids is 1. The van der Waals surface area contributed by atoms with E-state index in [9.17, 15) is 4.79 Å². The Hall–Kier alpha value is -1.99. The zero-order valence-corrected chi connectivity index (χ0v) is 20.2. The van der Waals surface area contributed by atoms with Crippen LogP contribution in [0.25, 0.3) is 0 Å². The summed E-state index contributed by atoms with van der Waals surface area (Å²) in [6.07, 6.45) is 7.10. The Kier molecular flexibility index (Phi) is 7.46. The van der Waals surface area contributed by atoms with Crippen LogP contribution in [0.2, 0.25) is 5.02 Å². The monoisotopic (exact) mass is 474 g/mol. The predicted octanol–water partition coefficient (Wildman–Crippen LogP) is 5.12. The summed E-state index contributed by atoms with van der Waals surface area (Å²) >= 11 is 7.35. The average molecular weight is 475 g/mol. The number of nitrogens with one attached hydrogen (secondary N) is 1. The number of aromatic nitrogens is 3. The molecule has 2 bridgehead atoms. The highest BCUT2D eigenvalue weighted by molar-refractivity contribution is 8.00. The van der Waals surface area contributed by atoms with Gasteiger partial charge >= 0.3 is 0 Å². The number of hydrogen-bond donors (Lipinski definition) is 1. The van der Waals surface area contributed by atoms with Crippen LogP contribution in [0.3, 0.4) is 0 Å². The smallest absolute Gasteiger partial charge is 0.233 e. The summed E-state index contributed by atoms with van der Waals surface area (Å²) in [5.74, 6) is 3.73. The van der Waals surface area contributed by atoms with Gasteiger partial charge in [0.25, 0.3) is 0 Å². The van der Waals surface area contributed by atoms with Crippen molar-refractivity contribution in [3.63, 3.8) is 0 Å². The summed E-state index contributed by atoms with van der Waals surface area (Å²) in [6.45, 7) is 8.74. The van der Waals surface area contributed by atoms with E-state index >= 15 is 0 Å². The Morgan fingerprint density at radius 3 is 2.75 bits per heavy atom. The fraction of sp³-hybridized carbons (Fsp3) is 0.542. The molecule has 1 N–H and O–H groups in total. The standard InChI is InChI=1S/C24H31ClN4O2S/c1-4-11-29-22(14-31-20-9-7-19(25)8-10-20)27-28-24(29)32-16(3)23(30)26-15(2)21-13-17-5-6-18(21)12-17/h4,7-10,15-18,21H,1,5-6,11-14H2,2-3H3,(H,26,30). The molecule has 2 aliphatic rings. The van der Waals surface area contributed by atoms with E-state index in [0.29, 0.717) is 34.2 Å². The molecule has 2 fully saturated rings. The maximum atomic E-state index is 12.9. The molecule has 1 amide bonds. The van der Waals surface area contributed by atoms with E-state index in [2.05, 4.69) is 29.0 Å². The Balaban J connectivity index is 1.35. The molecule has 2 saturated carbocycles. The van der Waals surface area contributed by atoms with E-state index in [1.165, 1.54) is 37.4 Å². The number of halogens is 1. The van der Waals surface area contributed by atoms with E-state index in [1.807, 2.05) is 23.6 Å². The van der Waals surface area contributed by atoms with Gasteiger partial charge in [-0.25, -0.2) is 0 Å². The summed E-state index contributed by atoms with van der Waals surface area (Å²) < 4.78 is 7.77. The first-order valence-corrected chi connectivity index (χ1v) is 12.6. The van der Waals surface area contributed by atoms with Crippen LogP contribution in [-0.4, -0.2) is 32.0 Å². The van der Waals surface area contributed by atoms with Gasteiger partial charge in [0.1, 0.15) is 12.4 Å². The summed E-state index contributed by atoms with van der Waals surface area (Å²) in [7, 11) is 0. The third-order valence-corrected chi connectivity index (χ3v) is 8.08. The molecule has 0 radical (unpaired) electrons. The molecule has 4 rings (SSSR count). The number of carbonyl (C=O) groups is 1. The first-order chi connectivity index (χ1) is 15.4. The Bertz CT molecular complexity index is 948. The van der Waals surface area contributed by atoms with Gasteiger partial charge in [0.15, 0.2) is 11.0 Å². The number of hydrogen-bond acceptors (Lipinski definition) is 5. The van der Waals surface area contributed by atoms with Crippen LogP contribution in [0.1, 0.15) is 45.4 Å². The fourth-order valence-electron chi connectivity index (χ4n) is 5.07. The number of ether oxygens (including phenoxy) is 1. The molecule has 172 valence electrons. The van der Waals surface area contributed by atoms with Crippen molar-refractivity contribution in [2.45, 2.75) is 69.1 Å². The van der Waals surface area contributed by atoms with Gasteiger partial charge in [-0.05, 0) is 75.1 Å². The number of thioether (sulfide) groups is 1. The van der Waals surface area contributed by atoms with Crippen LogP contribution in [0.15, 0.2) is 42.1 Å². The zero-order valence-electron chi connectivity index (χ0n) is 18.7. The Morgan fingerprint density at radius 1 is 1.31 bits per heavy atom. The van der Waals surface area contributed by atoms with Gasteiger partial charge in [-0.1, -0.05) is 35.9 Å². The van der Waals surface area contributed by atoms with Gasteiger partial charge in [0.2, 0.25) is 5.91 Å². The van der Waals surface area contributed by atoms with Gasteiger partial charge in [0, 0.05) is 17.6 Å². The number of rotatable bonds is 10. The molecule has 2 aliphatic carbocycles. The number of nitrogens with zero attached hydrogens (tertiary/aromatic N) is 3. The largest absolute Gasteiger partial charge is 0.486 e. The fourth-order valence-corrected chi connectivity index (χ4v) is 6.08. The molecular weight excluding hydrogens is 444 g/mol. The lowest BCUT2D eigenvalue weighted by atomic mass is 9.84. The molecule has 6 nitrogen and oxygen atoms in total. The van der Waals surface area contributed by atoms with Gasteiger partial charge < -0.3 is 10.1 Å². The molecule has 0 saturated heterocycles. The average Bonchev–Trinajstić information content (AvgIpc) is 3.50. The molecule has 1 heterocycles. The number of amides is 1. The van der Waals surface area contributed by atoms with Crippen LogP contribution in [-0.2, 0) is 17.9 Å². The molecule has 5 unspecified atom stereocenters. The van der Waals surface area contributed by atoms with E-state index in [-0.39, 0.29) is 23.8 Å². The second-order valence-corrected chi connectivity index (χ2v) is 10.7. The summed E-state index contributed by atoms with van der Waals surface area (Å²) in [5, 5.41) is 13.0. The molecule has 1 aromatic carbocycles. The van der Waals surface area contributed by atoms with Crippen LogP contribution in [0.4, 0.5) is 0 Å². The minimum Gasteiger partial charge on any atom is -0.486 e. The van der Waals surface area contributed by atoms with Gasteiger partial charge in [-0.3, -0.25) is 9.36 Å². The third kappa shape index (κ3) is 5.31. The molecule has 0 spiro atoms. The zero-order chi connectivity index (χ0) is 22.7. The lowest BCUT2D eigenvalue weighted by Gasteiger charge is -2.29. The van der Waals surface area contributed by atoms with E-state index in [4.69, 9.17) is 16.3 Å². The quantitative estimate of drug-likeness (QED) is 0.382. The van der Waals surface area contributed by atoms with E-state index < -0.39 is 0 Å². The molecule has 8 heteroatoms. The van der Waals surface area contributed by atoms with Gasteiger partial charge in [0.05, 0.1) is 5.25 Å². The second kappa shape index (κ2) is 10.3. The number of fused-ring (bicyclic) bond motifs is 2. The lowest BCUT2D eigenvalue weighted by molar-refractivity contribution is -0.121. The van der Waals surface area contributed by atoms with Crippen LogP contribution in [0.5, 0.6) is 5.75 Å². The maximum Gasteiger partial charge on any atom is 0.233 e. The van der Waals surface area contributed by atoms with Crippen LogP contribution >= 0.6 is 23.4 Å². The summed E-state index contributed by atoms with van der Waals surface area (Å²) in [5.41, 5.74) is 0. The Morgan fingerprint density at radius 2 is 2.09 bits per heavy atom. The Labute approximate surface area is 199 Å². The number of benzene rings is 1. The summed E-state index contributed by atoms with van der Waals surface area (Å²) in [4.78, 5) is 12.9. The highest BCUT2D eigenvalue weighted by Gasteiger charge is 2.42. The van der Waals surface area contributed by atoms with Crippen molar-refractivity contribution in [2.75, 3.05) is 0 Å². The first-order valence-electron chi connectivity index (χ1n) is 11.3. The predicted molar refractivity (Wildman–Crippen MR) is 128 cm³/mol. The van der Waals surface area contributed by atoms with Gasteiger partial charge in [-0.15, -0.1) is 16.8 Å². The van der Waals surface area contributed by atoms with Crippen LogP contribution < -0.4 is 10.1 Å². The molecule has 2 aromatic rings. The van der Waals surface area contributed by atoms with Crippen molar-refractivity contribution in [2.24, 2.45) is 17.8 Å². The molecule has 5 atom stereocenters. The third-order valence-electron chi connectivity index (χ3n) is 6.74.